The van der Waals surface area contributed by atoms with Crippen LogP contribution in [-0.2, 0) is 11.2 Å². The van der Waals surface area contributed by atoms with E-state index in [-0.39, 0.29) is 17.8 Å². The Morgan fingerprint density at radius 3 is 2.53 bits per heavy atom. The first-order valence-electron chi connectivity index (χ1n) is 10.0. The Hall–Kier alpha value is -3.05. The second-order valence-electron chi connectivity index (χ2n) is 7.46. The number of fused-ring (bicyclic) bond motifs is 3. The molecule has 0 spiro atoms. The molecule has 1 amide bonds. The second kappa shape index (κ2) is 8.00. The van der Waals surface area contributed by atoms with Crippen molar-refractivity contribution in [2.24, 2.45) is 0 Å². The Kier molecular flexibility index (Phi) is 5.05. The number of para-hydroxylation sites is 1. The molecule has 2 heterocycles. The van der Waals surface area contributed by atoms with Gasteiger partial charge in [0.2, 0.25) is 5.91 Å². The summed E-state index contributed by atoms with van der Waals surface area (Å²) >= 11 is 1.55. The predicted molar refractivity (Wildman–Crippen MR) is 119 cm³/mol. The summed E-state index contributed by atoms with van der Waals surface area (Å²) in [5, 5.41) is 1.20. The highest BCUT2D eigenvalue weighted by Gasteiger charge is 2.34. The van der Waals surface area contributed by atoms with Crippen LogP contribution in [-0.4, -0.2) is 28.1 Å². The molecule has 0 unspecified atom stereocenters. The molecule has 3 aromatic carbocycles. The zero-order chi connectivity index (χ0) is 20.5. The van der Waals surface area contributed by atoms with E-state index in [2.05, 4.69) is 17.1 Å². The van der Waals surface area contributed by atoms with E-state index in [4.69, 9.17) is 0 Å². The zero-order valence-corrected chi connectivity index (χ0v) is 17.2. The van der Waals surface area contributed by atoms with E-state index < -0.39 is 0 Å². The molecule has 1 atom stereocenters. The van der Waals surface area contributed by atoms with Crippen molar-refractivity contribution in [3.63, 3.8) is 0 Å². The number of rotatable bonds is 4. The third kappa shape index (κ3) is 3.50. The third-order valence-corrected chi connectivity index (χ3v) is 6.64. The third-order valence-electron chi connectivity index (χ3n) is 5.65. The summed E-state index contributed by atoms with van der Waals surface area (Å²) in [6.45, 7) is 0.644. The average molecular weight is 417 g/mol. The first-order valence-corrected chi connectivity index (χ1v) is 11.0. The van der Waals surface area contributed by atoms with Gasteiger partial charge >= 0.3 is 0 Å². The Morgan fingerprint density at radius 1 is 1.00 bits per heavy atom. The van der Waals surface area contributed by atoms with Gasteiger partial charge in [0.25, 0.3) is 0 Å². The molecule has 3 nitrogen and oxygen atoms in total. The summed E-state index contributed by atoms with van der Waals surface area (Å²) in [7, 11) is 0. The van der Waals surface area contributed by atoms with Gasteiger partial charge in [-0.1, -0.05) is 48.5 Å². The summed E-state index contributed by atoms with van der Waals surface area (Å²) in [6, 6.07) is 24.4. The fourth-order valence-electron chi connectivity index (χ4n) is 4.25. The molecule has 0 bridgehead atoms. The van der Waals surface area contributed by atoms with Crippen molar-refractivity contribution in [1.82, 2.24) is 9.88 Å². The fourth-order valence-corrected chi connectivity index (χ4v) is 5.05. The quantitative estimate of drug-likeness (QED) is 0.441. The van der Waals surface area contributed by atoms with E-state index in [1.165, 1.54) is 23.1 Å². The highest BCUT2D eigenvalue weighted by Crippen LogP contribution is 2.38. The Bertz CT molecular complexity index is 1190. The van der Waals surface area contributed by atoms with Crippen molar-refractivity contribution >= 4 is 28.6 Å². The number of H-pyrrole nitrogens is 1. The number of amides is 1. The number of benzene rings is 3. The largest absolute Gasteiger partial charge is 0.356 e. The van der Waals surface area contributed by atoms with Crippen LogP contribution in [0.4, 0.5) is 4.39 Å². The van der Waals surface area contributed by atoms with Gasteiger partial charge in [0, 0.05) is 28.0 Å². The molecule has 0 aliphatic carbocycles. The molecule has 5 rings (SSSR count). The lowest BCUT2D eigenvalue weighted by Crippen LogP contribution is -2.41. The number of halogens is 1. The highest BCUT2D eigenvalue weighted by molar-refractivity contribution is 8.00. The van der Waals surface area contributed by atoms with Crippen molar-refractivity contribution in [1.29, 1.82) is 0 Å². The number of thioether (sulfide) groups is 1. The van der Waals surface area contributed by atoms with E-state index in [1.807, 2.05) is 47.4 Å². The van der Waals surface area contributed by atoms with Crippen LogP contribution < -0.4 is 0 Å². The number of carbonyl (C=O) groups excluding carboxylic acids is 1. The van der Waals surface area contributed by atoms with Crippen molar-refractivity contribution in [2.75, 3.05) is 12.3 Å². The van der Waals surface area contributed by atoms with E-state index in [0.29, 0.717) is 12.3 Å². The van der Waals surface area contributed by atoms with Gasteiger partial charge in [-0.25, -0.2) is 4.39 Å². The maximum atomic E-state index is 13.6. The summed E-state index contributed by atoms with van der Waals surface area (Å²) in [4.78, 5) is 19.8. The first kappa shape index (κ1) is 18.9. The van der Waals surface area contributed by atoms with Gasteiger partial charge in [-0.2, -0.15) is 0 Å². The van der Waals surface area contributed by atoms with Gasteiger partial charge in [-0.15, -0.1) is 11.8 Å². The summed E-state index contributed by atoms with van der Waals surface area (Å²) in [5.41, 5.74) is 4.27. The molecule has 0 fully saturated rings. The molecule has 0 saturated carbocycles. The zero-order valence-electron chi connectivity index (χ0n) is 16.3. The minimum absolute atomic E-state index is 0.0856. The van der Waals surface area contributed by atoms with Gasteiger partial charge in [0.1, 0.15) is 5.82 Å². The fraction of sp³-hybridized carbons (Fsp3) is 0.160. The van der Waals surface area contributed by atoms with Crippen LogP contribution in [0.2, 0.25) is 0 Å². The highest BCUT2D eigenvalue weighted by atomic mass is 32.2. The molecule has 5 heteroatoms. The molecule has 30 heavy (non-hydrogen) atoms. The van der Waals surface area contributed by atoms with Gasteiger partial charge in [-0.05, 0) is 47.9 Å². The van der Waals surface area contributed by atoms with E-state index in [0.717, 1.165) is 28.1 Å². The van der Waals surface area contributed by atoms with Crippen molar-refractivity contribution < 1.29 is 9.18 Å². The standard InChI is InChI=1S/C25H21FN2OS/c26-18-12-10-17(11-13-18)25-24-21(20-8-4-5-9-22(20)27-24)14-15-28(25)23(29)16-30-19-6-2-1-3-7-19/h1-13,25,27H,14-16H2/t25-/m0/s1. The number of aromatic nitrogens is 1. The molecular formula is C25H21FN2OS. The number of aromatic amines is 1. The van der Waals surface area contributed by atoms with Crippen LogP contribution in [0, 0.1) is 5.82 Å². The topological polar surface area (TPSA) is 36.1 Å². The predicted octanol–water partition coefficient (Wildman–Crippen LogP) is 5.57. The smallest absolute Gasteiger partial charge is 0.233 e. The van der Waals surface area contributed by atoms with E-state index in [1.54, 1.807) is 23.9 Å². The van der Waals surface area contributed by atoms with E-state index >= 15 is 0 Å². The minimum atomic E-state index is -0.274. The number of carbonyl (C=O) groups is 1. The molecule has 0 saturated heterocycles. The van der Waals surface area contributed by atoms with Gasteiger partial charge in [-0.3, -0.25) is 4.79 Å². The number of hydrogen-bond donors (Lipinski definition) is 1. The lowest BCUT2D eigenvalue weighted by Gasteiger charge is -2.36. The van der Waals surface area contributed by atoms with Crippen molar-refractivity contribution in [2.45, 2.75) is 17.4 Å². The molecule has 1 aliphatic heterocycles. The summed E-state index contributed by atoms with van der Waals surface area (Å²) in [5.74, 6) is 0.184. The van der Waals surface area contributed by atoms with Gasteiger partial charge < -0.3 is 9.88 Å². The molecular weight excluding hydrogens is 395 g/mol. The Balaban J connectivity index is 1.51. The average Bonchev–Trinajstić information content (AvgIpc) is 3.17. The van der Waals surface area contributed by atoms with Crippen LogP contribution >= 0.6 is 11.8 Å². The van der Waals surface area contributed by atoms with Gasteiger partial charge in [0.15, 0.2) is 0 Å². The molecule has 0 radical (unpaired) electrons. The molecule has 1 aromatic heterocycles. The normalized spacial score (nSPS) is 15.9. The Labute approximate surface area is 178 Å². The summed E-state index contributed by atoms with van der Waals surface area (Å²) in [6.07, 6.45) is 0.804. The van der Waals surface area contributed by atoms with E-state index in [9.17, 15) is 9.18 Å². The van der Waals surface area contributed by atoms with Gasteiger partial charge in [0.05, 0.1) is 11.8 Å². The van der Waals surface area contributed by atoms with Crippen LogP contribution in [0.15, 0.2) is 83.8 Å². The maximum absolute atomic E-state index is 13.6. The lowest BCUT2D eigenvalue weighted by molar-refractivity contribution is -0.130. The van der Waals surface area contributed by atoms with Crippen molar-refractivity contribution in [3.05, 3.63) is 102 Å². The minimum Gasteiger partial charge on any atom is -0.356 e. The molecule has 1 aliphatic rings. The van der Waals surface area contributed by atoms with Crippen molar-refractivity contribution in [3.8, 4) is 0 Å². The lowest BCUT2D eigenvalue weighted by atomic mass is 9.92. The number of hydrogen-bond acceptors (Lipinski definition) is 2. The second-order valence-corrected chi connectivity index (χ2v) is 8.50. The first-order chi connectivity index (χ1) is 14.7. The Morgan fingerprint density at radius 2 is 1.73 bits per heavy atom. The van der Waals surface area contributed by atoms with Crippen LogP contribution in [0.3, 0.4) is 0 Å². The number of nitrogens with zero attached hydrogens (tertiary/aromatic N) is 1. The van der Waals surface area contributed by atoms with Crippen LogP contribution in [0.1, 0.15) is 22.9 Å². The SMILES string of the molecule is O=C(CSc1ccccc1)N1CCc2c([nH]c3ccccc23)[C@@H]1c1ccc(F)cc1. The van der Waals surface area contributed by atoms with Crippen LogP contribution in [0.5, 0.6) is 0 Å². The molecule has 4 aromatic rings. The maximum Gasteiger partial charge on any atom is 0.233 e. The monoisotopic (exact) mass is 416 g/mol. The molecule has 150 valence electrons. The number of nitrogens with one attached hydrogen (secondary N) is 1. The summed E-state index contributed by atoms with van der Waals surface area (Å²) < 4.78 is 13.6. The van der Waals surface area contributed by atoms with Crippen LogP contribution in [0.25, 0.3) is 10.9 Å². The molecule has 1 N–H and O–H groups in total.